The summed E-state index contributed by atoms with van der Waals surface area (Å²) in [6.07, 6.45) is 0. The molecule has 0 radical (unpaired) electrons. The first-order valence-corrected chi connectivity index (χ1v) is 4.31. The van der Waals surface area contributed by atoms with E-state index in [9.17, 15) is 0 Å². The molecule has 0 amide bonds. The molecule has 1 aromatic heterocycles. The summed E-state index contributed by atoms with van der Waals surface area (Å²) in [6, 6.07) is 5.21. The molecule has 3 nitrogen and oxygen atoms in total. The van der Waals surface area contributed by atoms with Gasteiger partial charge in [0.05, 0.1) is 18.3 Å². The Bertz CT molecular complexity index is 242. The van der Waals surface area contributed by atoms with Gasteiger partial charge in [-0.15, -0.1) is 0 Å². The van der Waals surface area contributed by atoms with E-state index in [0.717, 1.165) is 9.39 Å². The van der Waals surface area contributed by atoms with Gasteiger partial charge in [0.1, 0.15) is 3.70 Å². The predicted octanol–water partition coefficient (Wildman–Crippen LogP) is 0.678. The van der Waals surface area contributed by atoms with E-state index in [0.29, 0.717) is 0 Å². The summed E-state index contributed by atoms with van der Waals surface area (Å²) in [5.41, 5.74) is 6.28. The van der Waals surface area contributed by atoms with Crippen LogP contribution in [0.3, 0.4) is 0 Å². The summed E-state index contributed by atoms with van der Waals surface area (Å²) in [4.78, 5) is 4.15. The Labute approximate surface area is 78.8 Å². The quantitative estimate of drug-likeness (QED) is 0.610. The number of aliphatic hydroxyl groups excluding tert-OH is 1. The van der Waals surface area contributed by atoms with Gasteiger partial charge < -0.3 is 10.8 Å². The van der Waals surface area contributed by atoms with Crippen molar-refractivity contribution in [1.29, 1.82) is 0 Å². The molecule has 11 heavy (non-hydrogen) atoms. The highest BCUT2D eigenvalue weighted by molar-refractivity contribution is 14.1. The van der Waals surface area contributed by atoms with Crippen LogP contribution in [-0.2, 0) is 0 Å². The van der Waals surface area contributed by atoms with Crippen molar-refractivity contribution < 1.29 is 5.11 Å². The lowest BCUT2D eigenvalue weighted by molar-refractivity contribution is 0.266. The second-order valence-corrected chi connectivity index (χ2v) is 3.28. The van der Waals surface area contributed by atoms with E-state index in [1.54, 1.807) is 0 Å². The second kappa shape index (κ2) is 3.99. The van der Waals surface area contributed by atoms with Gasteiger partial charge in [0.25, 0.3) is 0 Å². The van der Waals surface area contributed by atoms with Gasteiger partial charge in [-0.05, 0) is 34.7 Å². The average molecular weight is 264 g/mol. The van der Waals surface area contributed by atoms with Crippen molar-refractivity contribution in [1.82, 2.24) is 4.98 Å². The van der Waals surface area contributed by atoms with E-state index in [1.807, 2.05) is 18.2 Å². The first-order valence-electron chi connectivity index (χ1n) is 3.23. The first kappa shape index (κ1) is 8.89. The zero-order chi connectivity index (χ0) is 8.27. The number of pyridine rings is 1. The predicted molar refractivity (Wildman–Crippen MR) is 51.0 cm³/mol. The van der Waals surface area contributed by atoms with Crippen molar-refractivity contribution in [3.05, 3.63) is 27.6 Å². The minimum atomic E-state index is -0.357. The van der Waals surface area contributed by atoms with Crippen molar-refractivity contribution in [2.45, 2.75) is 6.04 Å². The number of hydrogen-bond acceptors (Lipinski definition) is 3. The van der Waals surface area contributed by atoms with Crippen LogP contribution in [0.25, 0.3) is 0 Å². The molecular weight excluding hydrogens is 255 g/mol. The van der Waals surface area contributed by atoms with Crippen molar-refractivity contribution in [3.8, 4) is 0 Å². The van der Waals surface area contributed by atoms with Crippen molar-refractivity contribution >= 4 is 22.6 Å². The Kier molecular flexibility index (Phi) is 3.22. The molecule has 0 fully saturated rings. The number of aromatic nitrogens is 1. The monoisotopic (exact) mass is 264 g/mol. The first-order chi connectivity index (χ1) is 5.24. The van der Waals surface area contributed by atoms with E-state index in [-0.39, 0.29) is 12.6 Å². The van der Waals surface area contributed by atoms with Crippen molar-refractivity contribution in [2.75, 3.05) is 6.61 Å². The summed E-state index contributed by atoms with van der Waals surface area (Å²) in [5, 5.41) is 8.71. The van der Waals surface area contributed by atoms with Crippen molar-refractivity contribution in [2.24, 2.45) is 5.73 Å². The molecule has 4 heteroatoms. The summed E-state index contributed by atoms with van der Waals surface area (Å²) >= 11 is 2.11. The summed E-state index contributed by atoms with van der Waals surface area (Å²) in [6.45, 7) is -0.0624. The standard InChI is InChI=1S/C7H9IN2O/c8-7-3-1-2-6(10-7)5(9)4-11/h1-3,5,11H,4,9H2. The number of aliphatic hydroxyl groups is 1. The van der Waals surface area contributed by atoms with Crippen LogP contribution in [0.4, 0.5) is 0 Å². The Morgan fingerprint density at radius 2 is 2.36 bits per heavy atom. The number of halogens is 1. The molecule has 1 atom stereocenters. The highest BCUT2D eigenvalue weighted by Crippen LogP contribution is 2.08. The number of nitrogens with two attached hydrogens (primary N) is 1. The fourth-order valence-electron chi connectivity index (χ4n) is 0.724. The minimum Gasteiger partial charge on any atom is -0.394 e. The fourth-order valence-corrected chi connectivity index (χ4v) is 1.21. The Hall–Kier alpha value is -0.200. The maximum atomic E-state index is 8.71. The molecule has 1 rings (SSSR count). The Morgan fingerprint density at radius 3 is 2.91 bits per heavy atom. The number of rotatable bonds is 2. The van der Waals surface area contributed by atoms with Crippen LogP contribution < -0.4 is 5.73 Å². The van der Waals surface area contributed by atoms with Crippen molar-refractivity contribution in [3.63, 3.8) is 0 Å². The van der Waals surface area contributed by atoms with Gasteiger partial charge in [-0.25, -0.2) is 4.98 Å². The molecule has 0 aromatic carbocycles. The molecular formula is C7H9IN2O. The molecule has 0 aliphatic rings. The zero-order valence-electron chi connectivity index (χ0n) is 5.87. The second-order valence-electron chi connectivity index (χ2n) is 2.17. The molecule has 0 saturated heterocycles. The topological polar surface area (TPSA) is 59.1 Å². The molecule has 0 saturated carbocycles. The van der Waals surface area contributed by atoms with Crippen LogP contribution in [0.5, 0.6) is 0 Å². The Morgan fingerprint density at radius 1 is 1.64 bits per heavy atom. The van der Waals surface area contributed by atoms with Crippen LogP contribution in [0.2, 0.25) is 0 Å². The lowest BCUT2D eigenvalue weighted by atomic mass is 10.2. The zero-order valence-corrected chi connectivity index (χ0v) is 8.02. The smallest absolute Gasteiger partial charge is 0.101 e. The van der Waals surface area contributed by atoms with Crippen LogP contribution >= 0.6 is 22.6 Å². The highest BCUT2D eigenvalue weighted by atomic mass is 127. The van der Waals surface area contributed by atoms with E-state index in [2.05, 4.69) is 27.6 Å². The van der Waals surface area contributed by atoms with Gasteiger partial charge in [0.15, 0.2) is 0 Å². The molecule has 0 bridgehead atoms. The van der Waals surface area contributed by atoms with E-state index < -0.39 is 0 Å². The van der Waals surface area contributed by atoms with Gasteiger partial charge in [0.2, 0.25) is 0 Å². The highest BCUT2D eigenvalue weighted by Gasteiger charge is 2.04. The molecule has 0 aliphatic carbocycles. The largest absolute Gasteiger partial charge is 0.394 e. The summed E-state index contributed by atoms with van der Waals surface area (Å²) < 4.78 is 0.893. The summed E-state index contributed by atoms with van der Waals surface area (Å²) in [7, 11) is 0. The Balaban J connectivity index is 2.86. The molecule has 0 aliphatic heterocycles. The molecule has 1 aromatic rings. The lowest BCUT2D eigenvalue weighted by Gasteiger charge is -2.06. The van der Waals surface area contributed by atoms with Gasteiger partial charge in [0, 0.05) is 0 Å². The normalized spacial score (nSPS) is 13.0. The SMILES string of the molecule is NC(CO)c1cccc(I)n1. The van der Waals surface area contributed by atoms with Gasteiger partial charge >= 0.3 is 0 Å². The number of nitrogens with zero attached hydrogens (tertiary/aromatic N) is 1. The third-order valence-corrected chi connectivity index (χ3v) is 1.91. The lowest BCUT2D eigenvalue weighted by Crippen LogP contribution is -2.16. The van der Waals surface area contributed by atoms with Gasteiger partial charge in [-0.3, -0.25) is 0 Å². The van der Waals surface area contributed by atoms with Crippen LogP contribution in [0.15, 0.2) is 18.2 Å². The summed E-state index contributed by atoms with van der Waals surface area (Å²) in [5.74, 6) is 0. The number of hydrogen-bond donors (Lipinski definition) is 2. The molecule has 60 valence electrons. The third kappa shape index (κ3) is 2.39. The van der Waals surface area contributed by atoms with Gasteiger partial charge in [-0.1, -0.05) is 6.07 Å². The maximum Gasteiger partial charge on any atom is 0.101 e. The average Bonchev–Trinajstić information content (AvgIpc) is 2.03. The minimum absolute atomic E-state index is 0.0624. The third-order valence-electron chi connectivity index (χ3n) is 1.31. The van der Waals surface area contributed by atoms with Crippen LogP contribution in [0, 0.1) is 3.70 Å². The van der Waals surface area contributed by atoms with E-state index in [4.69, 9.17) is 10.8 Å². The molecule has 1 unspecified atom stereocenters. The molecule has 0 spiro atoms. The van der Waals surface area contributed by atoms with E-state index in [1.165, 1.54) is 0 Å². The molecule has 1 heterocycles. The van der Waals surface area contributed by atoms with E-state index >= 15 is 0 Å². The maximum absolute atomic E-state index is 8.71. The van der Waals surface area contributed by atoms with Gasteiger partial charge in [-0.2, -0.15) is 0 Å². The fraction of sp³-hybridized carbons (Fsp3) is 0.286. The molecule has 3 N–H and O–H groups in total. The van der Waals surface area contributed by atoms with Crippen LogP contribution in [0.1, 0.15) is 11.7 Å². The van der Waals surface area contributed by atoms with Crippen LogP contribution in [-0.4, -0.2) is 16.7 Å².